The van der Waals surface area contributed by atoms with Crippen LogP contribution in [-0.4, -0.2) is 0 Å². The molecule has 2 aromatic carbocycles. The lowest BCUT2D eigenvalue weighted by atomic mass is 9.76. The van der Waals surface area contributed by atoms with Crippen LogP contribution in [-0.2, 0) is 5.41 Å². The van der Waals surface area contributed by atoms with Crippen LogP contribution < -0.4 is 5.32 Å². The maximum Gasteiger partial charge on any atom is 0.149 e. The van der Waals surface area contributed by atoms with E-state index < -0.39 is 11.6 Å². The number of fused-ring (bicyclic) bond motifs is 3. The Morgan fingerprint density at radius 1 is 1.04 bits per heavy atom. The molecule has 25 heavy (non-hydrogen) atoms. The third-order valence-electron chi connectivity index (χ3n) is 5.52. The Balaban J connectivity index is 1.74. The van der Waals surface area contributed by atoms with E-state index in [1.54, 1.807) is 0 Å². The first kappa shape index (κ1) is 16.3. The zero-order chi connectivity index (χ0) is 17.8. The first-order chi connectivity index (χ1) is 11.8. The minimum Gasteiger partial charge on any atom is -0.375 e. The molecule has 0 aromatic heterocycles. The molecule has 1 nitrogen and oxygen atoms in total. The molecule has 0 saturated carbocycles. The molecular formula is C22H23F2N. The molecule has 3 heteroatoms. The molecule has 1 aliphatic heterocycles. The van der Waals surface area contributed by atoms with Crippen molar-refractivity contribution in [3.05, 3.63) is 76.9 Å². The molecule has 2 aliphatic rings. The lowest BCUT2D eigenvalue weighted by Gasteiger charge is -2.37. The molecule has 1 heterocycles. The van der Waals surface area contributed by atoms with E-state index >= 15 is 0 Å². The fourth-order valence-corrected chi connectivity index (χ4v) is 4.14. The molecular weight excluding hydrogens is 316 g/mol. The normalized spacial score (nSPS) is 24.6. The summed E-state index contributed by atoms with van der Waals surface area (Å²) < 4.78 is 28.1. The Kier molecular flexibility index (Phi) is 3.71. The highest BCUT2D eigenvalue weighted by molar-refractivity contribution is 5.60. The van der Waals surface area contributed by atoms with Gasteiger partial charge in [-0.15, -0.1) is 0 Å². The smallest absolute Gasteiger partial charge is 0.149 e. The van der Waals surface area contributed by atoms with Gasteiger partial charge in [-0.25, -0.2) is 8.78 Å². The summed E-state index contributed by atoms with van der Waals surface area (Å²) in [6, 6.07) is 11.1. The van der Waals surface area contributed by atoms with E-state index in [1.807, 2.05) is 0 Å². The number of hydrogen-bond acceptors (Lipinski definition) is 1. The Hall–Kier alpha value is -2.16. The fourth-order valence-electron chi connectivity index (χ4n) is 4.14. The van der Waals surface area contributed by atoms with Crippen LogP contribution in [0.2, 0.25) is 0 Å². The van der Waals surface area contributed by atoms with Crippen LogP contribution in [0.5, 0.6) is 0 Å². The highest BCUT2D eigenvalue weighted by atomic mass is 19.1. The van der Waals surface area contributed by atoms with Crippen LogP contribution in [0.1, 0.15) is 55.8 Å². The Labute approximate surface area is 147 Å². The van der Waals surface area contributed by atoms with Gasteiger partial charge < -0.3 is 5.32 Å². The lowest BCUT2D eigenvalue weighted by Crippen LogP contribution is -2.30. The Morgan fingerprint density at radius 2 is 1.76 bits per heavy atom. The van der Waals surface area contributed by atoms with Gasteiger partial charge >= 0.3 is 0 Å². The molecule has 0 amide bonds. The third-order valence-corrected chi connectivity index (χ3v) is 5.52. The number of nitrogens with one attached hydrogen (secondary N) is 1. The molecule has 1 N–H and O–H groups in total. The Morgan fingerprint density at radius 3 is 2.44 bits per heavy atom. The van der Waals surface area contributed by atoms with Crippen LogP contribution in [0.15, 0.2) is 48.6 Å². The number of hydrogen-bond donors (Lipinski definition) is 1. The van der Waals surface area contributed by atoms with Gasteiger partial charge in [0, 0.05) is 12.0 Å². The average molecular weight is 339 g/mol. The van der Waals surface area contributed by atoms with Gasteiger partial charge in [-0.1, -0.05) is 57.2 Å². The van der Waals surface area contributed by atoms with Crippen molar-refractivity contribution >= 4 is 5.69 Å². The molecule has 0 bridgehead atoms. The van der Waals surface area contributed by atoms with E-state index in [0.29, 0.717) is 5.69 Å². The SMILES string of the molecule is CC(C)(C)c1ccc([C@@H]2Nc3c(F)cc(F)cc3[C@H]3C=CC[C@H]32)cc1. The third kappa shape index (κ3) is 2.76. The molecule has 0 fully saturated rings. The lowest BCUT2D eigenvalue weighted by molar-refractivity contribution is 0.418. The highest BCUT2D eigenvalue weighted by Crippen LogP contribution is 2.50. The quantitative estimate of drug-likeness (QED) is 0.620. The van der Waals surface area contributed by atoms with Crippen molar-refractivity contribution in [2.75, 3.05) is 5.32 Å². The van der Waals surface area contributed by atoms with Crippen molar-refractivity contribution in [1.29, 1.82) is 0 Å². The van der Waals surface area contributed by atoms with E-state index in [0.717, 1.165) is 23.6 Å². The maximum absolute atomic E-state index is 14.4. The van der Waals surface area contributed by atoms with E-state index in [4.69, 9.17) is 0 Å². The second-order valence-corrected chi connectivity index (χ2v) is 8.20. The number of rotatable bonds is 1. The fraction of sp³-hybridized carbons (Fsp3) is 0.364. The van der Waals surface area contributed by atoms with Crippen molar-refractivity contribution in [3.8, 4) is 0 Å². The predicted octanol–water partition coefficient (Wildman–Crippen LogP) is 6.09. The van der Waals surface area contributed by atoms with Crippen molar-refractivity contribution in [3.63, 3.8) is 0 Å². The molecule has 0 unspecified atom stereocenters. The summed E-state index contributed by atoms with van der Waals surface area (Å²) in [5, 5.41) is 3.36. The van der Waals surface area contributed by atoms with E-state index in [2.05, 4.69) is 62.5 Å². The summed E-state index contributed by atoms with van der Waals surface area (Å²) in [6.07, 6.45) is 5.14. The zero-order valence-electron chi connectivity index (χ0n) is 14.8. The van der Waals surface area contributed by atoms with Gasteiger partial charge in [0.1, 0.15) is 11.6 Å². The molecule has 4 rings (SSSR count). The zero-order valence-corrected chi connectivity index (χ0v) is 14.8. The topological polar surface area (TPSA) is 12.0 Å². The monoisotopic (exact) mass is 339 g/mol. The van der Waals surface area contributed by atoms with Crippen LogP contribution in [0, 0.1) is 17.6 Å². The standard InChI is InChI=1S/C22H23F2N/c1-22(2,3)14-9-7-13(8-10-14)20-17-6-4-5-16(17)18-11-15(23)12-19(24)21(18)25-20/h4-5,7-12,16-17,20,25H,6H2,1-3H3/t16-,17+,20-/m0/s1. The van der Waals surface area contributed by atoms with Crippen molar-refractivity contribution in [1.82, 2.24) is 0 Å². The van der Waals surface area contributed by atoms with E-state index in [-0.39, 0.29) is 23.3 Å². The van der Waals surface area contributed by atoms with Gasteiger partial charge in [-0.2, -0.15) is 0 Å². The summed E-state index contributed by atoms with van der Waals surface area (Å²) in [5.74, 6) is -0.668. The summed E-state index contributed by atoms with van der Waals surface area (Å²) in [7, 11) is 0. The number of allylic oxidation sites excluding steroid dienone is 2. The number of benzene rings is 2. The number of anilines is 1. The molecule has 3 atom stereocenters. The van der Waals surface area contributed by atoms with Crippen LogP contribution in [0.4, 0.5) is 14.5 Å². The van der Waals surface area contributed by atoms with Crippen molar-refractivity contribution < 1.29 is 8.78 Å². The number of halogens is 2. The summed E-state index contributed by atoms with van der Waals surface area (Å²) in [4.78, 5) is 0. The van der Waals surface area contributed by atoms with Gasteiger partial charge in [0.05, 0.1) is 11.7 Å². The maximum atomic E-state index is 14.4. The summed E-state index contributed by atoms with van der Waals surface area (Å²) in [5.41, 5.74) is 3.72. The molecule has 2 aromatic rings. The highest BCUT2D eigenvalue weighted by Gasteiger charge is 2.39. The largest absolute Gasteiger partial charge is 0.375 e. The molecule has 1 aliphatic carbocycles. The predicted molar refractivity (Wildman–Crippen MR) is 97.9 cm³/mol. The van der Waals surface area contributed by atoms with Crippen LogP contribution in [0.3, 0.4) is 0 Å². The van der Waals surface area contributed by atoms with Crippen molar-refractivity contribution in [2.24, 2.45) is 5.92 Å². The van der Waals surface area contributed by atoms with E-state index in [9.17, 15) is 8.78 Å². The van der Waals surface area contributed by atoms with Gasteiger partial charge in [0.25, 0.3) is 0 Å². The first-order valence-electron chi connectivity index (χ1n) is 8.87. The average Bonchev–Trinajstić information content (AvgIpc) is 3.03. The van der Waals surface area contributed by atoms with E-state index in [1.165, 1.54) is 11.6 Å². The summed E-state index contributed by atoms with van der Waals surface area (Å²) >= 11 is 0. The second kappa shape index (κ2) is 5.69. The molecule has 0 spiro atoms. The second-order valence-electron chi connectivity index (χ2n) is 8.20. The summed E-state index contributed by atoms with van der Waals surface area (Å²) in [6.45, 7) is 6.58. The van der Waals surface area contributed by atoms with Gasteiger partial charge in [0.15, 0.2) is 0 Å². The minimum atomic E-state index is -0.509. The molecule has 130 valence electrons. The van der Waals surface area contributed by atoms with Crippen LogP contribution >= 0.6 is 0 Å². The van der Waals surface area contributed by atoms with Gasteiger partial charge in [0.2, 0.25) is 0 Å². The Bertz CT molecular complexity index is 830. The first-order valence-corrected chi connectivity index (χ1v) is 8.87. The minimum absolute atomic E-state index is 0.0291. The molecule has 0 saturated heterocycles. The van der Waals surface area contributed by atoms with Gasteiger partial charge in [-0.05, 0) is 40.5 Å². The van der Waals surface area contributed by atoms with Crippen molar-refractivity contribution in [2.45, 2.75) is 44.6 Å². The van der Waals surface area contributed by atoms with Crippen LogP contribution in [0.25, 0.3) is 0 Å². The van der Waals surface area contributed by atoms with Gasteiger partial charge in [-0.3, -0.25) is 0 Å². The molecule has 0 radical (unpaired) electrons.